The minimum absolute atomic E-state index is 0.220. The quantitative estimate of drug-likeness (QED) is 0.487. The highest BCUT2D eigenvalue weighted by atomic mass is 16.1. The van der Waals surface area contributed by atoms with E-state index in [-0.39, 0.29) is 11.1 Å². The Hall–Kier alpha value is -2.70. The van der Waals surface area contributed by atoms with Gasteiger partial charge in [-0.1, -0.05) is 0 Å². The lowest BCUT2D eigenvalue weighted by atomic mass is 9.89. The van der Waals surface area contributed by atoms with Crippen LogP contribution in [0.2, 0.25) is 0 Å². The van der Waals surface area contributed by atoms with Gasteiger partial charge in [0.15, 0.2) is 0 Å². The molecule has 0 aromatic carbocycles. The van der Waals surface area contributed by atoms with Gasteiger partial charge in [-0.05, 0) is 26.0 Å². The van der Waals surface area contributed by atoms with Gasteiger partial charge in [-0.25, -0.2) is 0 Å². The van der Waals surface area contributed by atoms with Gasteiger partial charge in [-0.3, -0.25) is 19.8 Å². The van der Waals surface area contributed by atoms with Gasteiger partial charge in [0.1, 0.15) is 0 Å². The van der Waals surface area contributed by atoms with E-state index in [9.17, 15) is 9.59 Å². The third kappa shape index (κ3) is 1.75. The lowest BCUT2D eigenvalue weighted by molar-refractivity contribution is 0.896. The zero-order chi connectivity index (χ0) is 14.3. The van der Waals surface area contributed by atoms with Gasteiger partial charge in [-0.15, -0.1) is 0 Å². The van der Waals surface area contributed by atoms with Gasteiger partial charge < -0.3 is 15.2 Å². The third-order valence-corrected chi connectivity index (χ3v) is 3.53. The van der Waals surface area contributed by atoms with Crippen LogP contribution in [0.3, 0.4) is 0 Å². The Kier molecular flexibility index (Phi) is 2.74. The molecule has 0 aliphatic heterocycles. The second-order valence-corrected chi connectivity index (χ2v) is 4.79. The first kappa shape index (κ1) is 12.3. The molecule has 3 aromatic heterocycles. The lowest BCUT2D eigenvalue weighted by Crippen LogP contribution is -2.20. The van der Waals surface area contributed by atoms with Gasteiger partial charge in [0.2, 0.25) is 0 Å². The Bertz CT molecular complexity index is 777. The minimum atomic E-state index is -0.435. The van der Waals surface area contributed by atoms with E-state index in [1.807, 2.05) is 12.1 Å². The van der Waals surface area contributed by atoms with E-state index in [1.54, 1.807) is 20.0 Å². The van der Waals surface area contributed by atoms with E-state index in [4.69, 9.17) is 0 Å². The molecular weight excluding hydrogens is 258 g/mol. The number of hydrogen-bond donors (Lipinski definition) is 5. The maximum atomic E-state index is 12.1. The standard InChI is InChI=1S/C13H15N5O2/c1-6-9(12(19)17-15-6)11(8-4-3-5-14-8)10-7(2)16-18-13(10)20/h3-5,11,14H,1-2H3,(H2,15,17,19)(H2,16,18,20). The SMILES string of the molecule is Cc1[nH][nH]c(=O)c1C(c1ccc[nH]1)c1c(C)[nH][nH]c1=O. The van der Waals surface area contributed by atoms with Crippen molar-refractivity contribution in [3.05, 3.63) is 67.2 Å². The topological polar surface area (TPSA) is 113 Å². The Morgan fingerprint density at radius 1 is 0.900 bits per heavy atom. The van der Waals surface area contributed by atoms with Crippen LogP contribution in [0.25, 0.3) is 0 Å². The normalized spacial score (nSPS) is 11.3. The molecule has 0 saturated heterocycles. The molecule has 0 atom stereocenters. The fourth-order valence-electron chi connectivity index (χ4n) is 2.59. The molecule has 104 valence electrons. The summed E-state index contributed by atoms with van der Waals surface area (Å²) in [6.07, 6.45) is 1.77. The molecule has 0 unspecified atom stereocenters. The van der Waals surface area contributed by atoms with E-state index >= 15 is 0 Å². The largest absolute Gasteiger partial charge is 0.364 e. The molecule has 3 rings (SSSR count). The van der Waals surface area contributed by atoms with Crippen LogP contribution in [-0.4, -0.2) is 25.4 Å². The fraction of sp³-hybridized carbons (Fsp3) is 0.231. The molecule has 0 aliphatic rings. The Morgan fingerprint density at radius 2 is 1.45 bits per heavy atom. The molecule has 0 spiro atoms. The highest BCUT2D eigenvalue weighted by molar-refractivity contribution is 5.42. The van der Waals surface area contributed by atoms with Crippen LogP contribution in [-0.2, 0) is 0 Å². The van der Waals surface area contributed by atoms with Crippen molar-refractivity contribution in [2.45, 2.75) is 19.8 Å². The molecule has 3 heterocycles. The number of nitrogens with one attached hydrogen (secondary N) is 5. The van der Waals surface area contributed by atoms with Gasteiger partial charge in [0.25, 0.3) is 11.1 Å². The number of hydrogen-bond acceptors (Lipinski definition) is 2. The van der Waals surface area contributed by atoms with Crippen molar-refractivity contribution < 1.29 is 0 Å². The fourth-order valence-corrected chi connectivity index (χ4v) is 2.59. The molecule has 7 nitrogen and oxygen atoms in total. The molecule has 0 aliphatic carbocycles. The first-order valence-corrected chi connectivity index (χ1v) is 6.27. The van der Waals surface area contributed by atoms with Crippen molar-refractivity contribution >= 4 is 0 Å². The summed E-state index contributed by atoms with van der Waals surface area (Å²) in [4.78, 5) is 27.2. The monoisotopic (exact) mass is 273 g/mol. The molecule has 0 bridgehead atoms. The van der Waals surface area contributed by atoms with Gasteiger partial charge in [0, 0.05) is 23.3 Å². The Balaban J connectivity index is 2.31. The predicted molar refractivity (Wildman–Crippen MR) is 74.0 cm³/mol. The van der Waals surface area contributed by atoms with Crippen molar-refractivity contribution in [3.8, 4) is 0 Å². The first-order chi connectivity index (χ1) is 9.59. The van der Waals surface area contributed by atoms with Crippen molar-refractivity contribution in [2.24, 2.45) is 0 Å². The Morgan fingerprint density at radius 3 is 1.80 bits per heavy atom. The summed E-state index contributed by atoms with van der Waals surface area (Å²) in [5, 5.41) is 10.7. The summed E-state index contributed by atoms with van der Waals surface area (Å²) in [7, 11) is 0. The highest BCUT2D eigenvalue weighted by Gasteiger charge is 2.28. The van der Waals surface area contributed by atoms with Crippen LogP contribution in [0.5, 0.6) is 0 Å². The summed E-state index contributed by atoms with van der Waals surface area (Å²) in [5.74, 6) is -0.435. The van der Waals surface area contributed by atoms with Crippen LogP contribution >= 0.6 is 0 Å². The molecule has 0 saturated carbocycles. The van der Waals surface area contributed by atoms with Crippen molar-refractivity contribution in [1.29, 1.82) is 0 Å². The zero-order valence-electron chi connectivity index (χ0n) is 11.1. The van der Waals surface area contributed by atoms with Gasteiger partial charge in [-0.2, -0.15) is 0 Å². The smallest absolute Gasteiger partial charge is 0.268 e. The molecule has 0 amide bonds. The number of aromatic nitrogens is 5. The zero-order valence-corrected chi connectivity index (χ0v) is 11.1. The second-order valence-electron chi connectivity index (χ2n) is 4.79. The van der Waals surface area contributed by atoms with E-state index in [1.165, 1.54) is 0 Å². The Labute approximate surface area is 113 Å². The molecule has 0 fully saturated rings. The average Bonchev–Trinajstić information content (AvgIpc) is 3.11. The molecule has 3 aromatic rings. The molecule has 0 radical (unpaired) electrons. The minimum Gasteiger partial charge on any atom is -0.364 e. The highest BCUT2D eigenvalue weighted by Crippen LogP contribution is 2.29. The van der Waals surface area contributed by atoms with E-state index in [0.29, 0.717) is 11.1 Å². The summed E-state index contributed by atoms with van der Waals surface area (Å²) in [6.45, 7) is 3.61. The lowest BCUT2D eigenvalue weighted by Gasteiger charge is -2.13. The van der Waals surface area contributed by atoms with Gasteiger partial charge >= 0.3 is 0 Å². The van der Waals surface area contributed by atoms with Crippen molar-refractivity contribution in [2.75, 3.05) is 0 Å². The number of H-pyrrole nitrogens is 5. The summed E-state index contributed by atoms with van der Waals surface area (Å²) in [5.41, 5.74) is 2.88. The third-order valence-electron chi connectivity index (χ3n) is 3.53. The van der Waals surface area contributed by atoms with Crippen molar-refractivity contribution in [1.82, 2.24) is 25.4 Å². The maximum absolute atomic E-state index is 12.1. The van der Waals surface area contributed by atoms with Crippen LogP contribution < -0.4 is 11.1 Å². The van der Waals surface area contributed by atoms with E-state index < -0.39 is 5.92 Å². The molecule has 7 heteroatoms. The predicted octanol–water partition coefficient (Wildman–Crippen LogP) is 0.845. The second kappa shape index (κ2) is 4.44. The summed E-state index contributed by atoms with van der Waals surface area (Å²) in [6, 6.07) is 3.71. The number of aryl methyl sites for hydroxylation is 2. The van der Waals surface area contributed by atoms with Crippen LogP contribution in [0, 0.1) is 13.8 Å². The van der Waals surface area contributed by atoms with Crippen LogP contribution in [0.1, 0.15) is 34.1 Å². The van der Waals surface area contributed by atoms with Crippen molar-refractivity contribution in [3.63, 3.8) is 0 Å². The average molecular weight is 273 g/mol. The molecule has 20 heavy (non-hydrogen) atoms. The number of rotatable bonds is 3. The van der Waals surface area contributed by atoms with Gasteiger partial charge in [0.05, 0.1) is 17.0 Å². The van der Waals surface area contributed by atoms with Crippen LogP contribution in [0.4, 0.5) is 0 Å². The van der Waals surface area contributed by atoms with E-state index in [0.717, 1.165) is 17.1 Å². The van der Waals surface area contributed by atoms with Crippen LogP contribution in [0.15, 0.2) is 27.9 Å². The summed E-state index contributed by atoms with van der Waals surface area (Å²) < 4.78 is 0. The first-order valence-electron chi connectivity index (χ1n) is 6.27. The molecular formula is C13H15N5O2. The van der Waals surface area contributed by atoms with E-state index in [2.05, 4.69) is 25.4 Å². The molecule has 5 N–H and O–H groups in total. The summed E-state index contributed by atoms with van der Waals surface area (Å²) >= 11 is 0. The number of aromatic amines is 5. The maximum Gasteiger partial charge on any atom is 0.268 e.